The van der Waals surface area contributed by atoms with E-state index in [0.29, 0.717) is 20.3 Å². The molecule has 166 valence electrons. The fraction of sp³-hybridized carbons (Fsp3) is 0.944. The first-order valence-electron chi connectivity index (χ1n) is 9.16. The topological polar surface area (TPSA) is 69.6 Å². The van der Waals surface area contributed by atoms with E-state index in [1.807, 2.05) is 0 Å². The molecule has 1 rings (SSSR count). The zero-order valence-corrected chi connectivity index (χ0v) is 16.6. The molecule has 1 aliphatic carbocycles. The van der Waals surface area contributed by atoms with E-state index in [0.717, 1.165) is 0 Å². The van der Waals surface area contributed by atoms with Crippen molar-refractivity contribution in [2.24, 2.45) is 17.3 Å². The molecule has 0 saturated heterocycles. The second-order valence-corrected chi connectivity index (χ2v) is 8.80. The lowest BCUT2D eigenvalue weighted by atomic mass is 9.66. The summed E-state index contributed by atoms with van der Waals surface area (Å²) in [6.45, 7) is 5.97. The normalized spacial score (nSPS) is 29.0. The summed E-state index contributed by atoms with van der Waals surface area (Å²) in [4.78, 5) is 12.4. The van der Waals surface area contributed by atoms with Crippen LogP contribution in [0, 0.1) is 17.3 Å². The van der Waals surface area contributed by atoms with Gasteiger partial charge in [-0.2, -0.15) is 26.3 Å². The van der Waals surface area contributed by atoms with E-state index in [2.05, 4.69) is 5.32 Å². The van der Waals surface area contributed by atoms with Gasteiger partial charge in [0.05, 0.1) is 0 Å². The summed E-state index contributed by atoms with van der Waals surface area (Å²) in [5.41, 5.74) is -7.37. The SMILES string of the molecule is CCC(C)(C)C(=O)NC1CC(C(C)(O)C(F)(F)F)CC(C(C)(O)C(F)(F)F)C1. The molecule has 4 atom stereocenters. The summed E-state index contributed by atoms with van der Waals surface area (Å²) in [6.07, 6.45) is -11.1. The minimum Gasteiger partial charge on any atom is -0.380 e. The van der Waals surface area contributed by atoms with E-state index in [1.165, 1.54) is 0 Å². The smallest absolute Gasteiger partial charge is 0.380 e. The zero-order valence-electron chi connectivity index (χ0n) is 16.6. The Bertz CT molecular complexity index is 535. The van der Waals surface area contributed by atoms with Crippen molar-refractivity contribution in [3.8, 4) is 0 Å². The Morgan fingerprint density at radius 2 is 1.21 bits per heavy atom. The van der Waals surface area contributed by atoms with Crippen molar-refractivity contribution in [1.82, 2.24) is 5.32 Å². The summed E-state index contributed by atoms with van der Waals surface area (Å²) < 4.78 is 79.7. The van der Waals surface area contributed by atoms with E-state index in [9.17, 15) is 41.4 Å². The molecular weight excluding hydrogens is 392 g/mol. The summed E-state index contributed by atoms with van der Waals surface area (Å²) in [6, 6.07) is -1.04. The zero-order chi connectivity index (χ0) is 22.3. The Morgan fingerprint density at radius 3 is 1.50 bits per heavy atom. The average Bonchev–Trinajstić information content (AvgIpc) is 2.52. The molecule has 0 spiro atoms. The third-order valence-electron chi connectivity index (χ3n) is 6.28. The molecule has 0 bridgehead atoms. The fourth-order valence-electron chi connectivity index (χ4n) is 3.36. The van der Waals surface area contributed by atoms with Crippen LogP contribution in [0.25, 0.3) is 0 Å². The second kappa shape index (κ2) is 7.66. The summed E-state index contributed by atoms with van der Waals surface area (Å²) in [7, 11) is 0. The lowest BCUT2D eigenvalue weighted by Gasteiger charge is -2.47. The molecule has 0 radical (unpaired) electrons. The maximum Gasteiger partial charge on any atom is 0.417 e. The Kier molecular flexibility index (Phi) is 6.84. The van der Waals surface area contributed by atoms with Gasteiger partial charge in [0.25, 0.3) is 0 Å². The van der Waals surface area contributed by atoms with E-state index < -0.39 is 59.2 Å². The largest absolute Gasteiger partial charge is 0.417 e. The Morgan fingerprint density at radius 1 is 0.857 bits per heavy atom. The summed E-state index contributed by atoms with van der Waals surface area (Å²) >= 11 is 0. The van der Waals surface area contributed by atoms with Crippen molar-refractivity contribution in [3.05, 3.63) is 0 Å². The van der Waals surface area contributed by atoms with Crippen molar-refractivity contribution in [2.45, 2.75) is 89.9 Å². The maximum atomic E-state index is 13.3. The van der Waals surface area contributed by atoms with Gasteiger partial charge < -0.3 is 15.5 Å². The molecule has 1 amide bonds. The third-order valence-corrected chi connectivity index (χ3v) is 6.28. The Balaban J connectivity index is 3.23. The number of carbonyl (C=O) groups is 1. The molecule has 0 heterocycles. The number of rotatable bonds is 5. The predicted molar refractivity (Wildman–Crippen MR) is 90.2 cm³/mol. The lowest BCUT2D eigenvalue weighted by molar-refractivity contribution is -0.295. The molecule has 0 aromatic heterocycles. The van der Waals surface area contributed by atoms with Crippen LogP contribution in [0.2, 0.25) is 0 Å². The van der Waals surface area contributed by atoms with Gasteiger partial charge in [0, 0.05) is 11.5 Å². The second-order valence-electron chi connectivity index (χ2n) is 8.80. The molecule has 1 saturated carbocycles. The molecule has 10 heteroatoms. The number of carbonyl (C=O) groups excluding carboxylic acids is 1. The van der Waals surface area contributed by atoms with Crippen LogP contribution in [0.4, 0.5) is 26.3 Å². The first-order chi connectivity index (χ1) is 12.3. The first-order valence-corrected chi connectivity index (χ1v) is 9.16. The van der Waals surface area contributed by atoms with Crippen LogP contribution in [0.1, 0.15) is 60.3 Å². The van der Waals surface area contributed by atoms with Gasteiger partial charge in [-0.25, -0.2) is 0 Å². The van der Waals surface area contributed by atoms with Crippen molar-refractivity contribution in [2.75, 3.05) is 0 Å². The molecular formula is C18H29F6NO3. The molecule has 0 aliphatic heterocycles. The van der Waals surface area contributed by atoms with Gasteiger partial charge in [-0.05, 0) is 51.4 Å². The van der Waals surface area contributed by atoms with E-state index in [1.54, 1.807) is 20.8 Å². The van der Waals surface area contributed by atoms with Gasteiger partial charge in [0.2, 0.25) is 5.91 Å². The first kappa shape index (κ1) is 25.0. The summed E-state index contributed by atoms with van der Waals surface area (Å²) in [5, 5.41) is 22.6. The van der Waals surface area contributed by atoms with Crippen LogP contribution in [0.15, 0.2) is 0 Å². The highest BCUT2D eigenvalue weighted by Gasteiger charge is 2.61. The van der Waals surface area contributed by atoms with Crippen LogP contribution in [0.3, 0.4) is 0 Å². The highest BCUT2D eigenvalue weighted by Crippen LogP contribution is 2.49. The molecule has 1 fully saturated rings. The number of alkyl halides is 6. The van der Waals surface area contributed by atoms with E-state index >= 15 is 0 Å². The Hall–Kier alpha value is -1.03. The highest BCUT2D eigenvalue weighted by atomic mass is 19.4. The van der Waals surface area contributed by atoms with Crippen LogP contribution in [-0.2, 0) is 4.79 Å². The van der Waals surface area contributed by atoms with Gasteiger partial charge in [-0.3, -0.25) is 4.79 Å². The van der Waals surface area contributed by atoms with E-state index in [-0.39, 0.29) is 12.8 Å². The highest BCUT2D eigenvalue weighted by molar-refractivity contribution is 5.82. The number of hydrogen-bond acceptors (Lipinski definition) is 3. The minimum atomic E-state index is -5.07. The maximum absolute atomic E-state index is 13.3. The molecule has 3 N–H and O–H groups in total. The number of aliphatic hydroxyl groups is 2. The van der Waals surface area contributed by atoms with E-state index in [4.69, 9.17) is 0 Å². The Labute approximate surface area is 160 Å². The fourth-order valence-corrected chi connectivity index (χ4v) is 3.36. The molecule has 0 aromatic carbocycles. The molecule has 0 aromatic rings. The van der Waals surface area contributed by atoms with Crippen LogP contribution < -0.4 is 5.32 Å². The van der Waals surface area contributed by atoms with Crippen molar-refractivity contribution < 1.29 is 41.4 Å². The number of amides is 1. The standard InChI is InChI=1S/C18H29F6NO3/c1-6-14(2,3)13(26)25-12-8-10(15(4,27)17(19,20)21)7-11(9-12)16(5,28)18(22,23)24/h10-12,27-28H,6-9H2,1-5H3,(H,25,26). The lowest BCUT2D eigenvalue weighted by Crippen LogP contribution is -2.59. The van der Waals surface area contributed by atoms with Crippen LogP contribution in [0.5, 0.6) is 0 Å². The van der Waals surface area contributed by atoms with Gasteiger partial charge >= 0.3 is 12.4 Å². The van der Waals surface area contributed by atoms with Crippen molar-refractivity contribution >= 4 is 5.91 Å². The average molecular weight is 421 g/mol. The molecule has 4 nitrogen and oxygen atoms in total. The predicted octanol–water partition coefficient (Wildman–Crippen LogP) is 3.95. The van der Waals surface area contributed by atoms with Gasteiger partial charge in [-0.1, -0.05) is 20.8 Å². The number of hydrogen-bond donors (Lipinski definition) is 3. The number of halogens is 6. The monoisotopic (exact) mass is 421 g/mol. The molecule has 1 aliphatic rings. The van der Waals surface area contributed by atoms with Gasteiger partial charge in [-0.15, -0.1) is 0 Å². The summed E-state index contributed by atoms with van der Waals surface area (Å²) in [5.74, 6) is -3.73. The number of nitrogens with one attached hydrogen (secondary N) is 1. The van der Waals surface area contributed by atoms with Gasteiger partial charge in [0.1, 0.15) is 0 Å². The molecule has 28 heavy (non-hydrogen) atoms. The van der Waals surface area contributed by atoms with Crippen molar-refractivity contribution in [1.29, 1.82) is 0 Å². The minimum absolute atomic E-state index is 0.345. The quantitative estimate of drug-likeness (QED) is 0.589. The molecule has 4 unspecified atom stereocenters. The van der Waals surface area contributed by atoms with Crippen LogP contribution >= 0.6 is 0 Å². The van der Waals surface area contributed by atoms with Gasteiger partial charge in [0.15, 0.2) is 11.2 Å². The van der Waals surface area contributed by atoms with Crippen LogP contribution in [-0.4, -0.2) is 45.7 Å². The third kappa shape index (κ3) is 4.93. The van der Waals surface area contributed by atoms with Crippen molar-refractivity contribution in [3.63, 3.8) is 0 Å².